The van der Waals surface area contributed by atoms with Crippen molar-refractivity contribution in [3.63, 3.8) is 0 Å². The molecule has 1 aromatic carbocycles. The molecule has 0 N–H and O–H groups in total. The second-order valence-corrected chi connectivity index (χ2v) is 5.29. The van der Waals surface area contributed by atoms with E-state index in [9.17, 15) is 9.18 Å². The van der Waals surface area contributed by atoms with Crippen LogP contribution in [-0.2, 0) is 11.3 Å². The number of Topliss-reactive ketones (excluding diaryl/α,β-unsaturated/α-hetero) is 1. The smallest absolute Gasteiger partial charge is 0.154 e. The van der Waals surface area contributed by atoms with E-state index in [-0.39, 0.29) is 18.1 Å². The van der Waals surface area contributed by atoms with Gasteiger partial charge >= 0.3 is 0 Å². The number of fused-ring (bicyclic) bond motifs is 1. The molecule has 2 heterocycles. The van der Waals surface area contributed by atoms with Crippen LogP contribution in [0.2, 0.25) is 0 Å². The van der Waals surface area contributed by atoms with Gasteiger partial charge in [0.05, 0.1) is 11.7 Å². The Morgan fingerprint density at radius 1 is 1.23 bits per heavy atom. The fourth-order valence-electron chi connectivity index (χ4n) is 2.34. The van der Waals surface area contributed by atoms with E-state index in [1.54, 1.807) is 36.1 Å². The number of aryl methyl sites for hydroxylation is 1. The molecule has 0 radical (unpaired) electrons. The molecular formula is C17H16FN3O. The molecule has 0 bridgehead atoms. The highest BCUT2D eigenvalue weighted by Crippen LogP contribution is 2.24. The largest absolute Gasteiger partial charge is 0.298 e. The SMILES string of the molecule is CCC(=O)Cn1ncc2ncc(-c3ccc(F)c(C)c3)cc21. The molecule has 0 unspecified atom stereocenters. The van der Waals surface area contributed by atoms with Crippen LogP contribution < -0.4 is 0 Å². The summed E-state index contributed by atoms with van der Waals surface area (Å²) in [5.41, 5.74) is 3.91. The molecule has 5 heteroatoms. The number of benzene rings is 1. The van der Waals surface area contributed by atoms with Crippen molar-refractivity contribution >= 4 is 16.8 Å². The van der Waals surface area contributed by atoms with Crippen molar-refractivity contribution in [1.29, 1.82) is 0 Å². The lowest BCUT2D eigenvalue weighted by molar-refractivity contribution is -0.119. The molecule has 0 aliphatic rings. The lowest BCUT2D eigenvalue weighted by Crippen LogP contribution is -2.09. The van der Waals surface area contributed by atoms with Gasteiger partial charge in [0.2, 0.25) is 0 Å². The molecule has 4 nitrogen and oxygen atoms in total. The highest BCUT2D eigenvalue weighted by molar-refractivity contribution is 5.83. The highest BCUT2D eigenvalue weighted by atomic mass is 19.1. The zero-order valence-electron chi connectivity index (χ0n) is 12.5. The van der Waals surface area contributed by atoms with Gasteiger partial charge in [-0.15, -0.1) is 0 Å². The standard InChI is InChI=1S/C17H16FN3O/c1-3-14(22)10-21-17-7-13(8-19-16(17)9-20-21)12-4-5-15(18)11(2)6-12/h4-9H,3,10H2,1-2H3. The zero-order valence-corrected chi connectivity index (χ0v) is 12.5. The maximum Gasteiger partial charge on any atom is 0.154 e. The number of aromatic nitrogens is 3. The highest BCUT2D eigenvalue weighted by Gasteiger charge is 2.09. The fraction of sp³-hybridized carbons (Fsp3) is 0.235. The third-order valence-corrected chi connectivity index (χ3v) is 3.71. The summed E-state index contributed by atoms with van der Waals surface area (Å²) < 4.78 is 15.1. The Morgan fingerprint density at radius 2 is 2.05 bits per heavy atom. The number of hydrogen-bond acceptors (Lipinski definition) is 3. The Bertz CT molecular complexity index is 854. The second-order valence-electron chi connectivity index (χ2n) is 5.29. The van der Waals surface area contributed by atoms with Crippen LogP contribution in [-0.4, -0.2) is 20.5 Å². The number of carbonyl (C=O) groups is 1. The first kappa shape index (κ1) is 14.4. The molecule has 2 aromatic heterocycles. The van der Waals surface area contributed by atoms with Crippen LogP contribution in [0.5, 0.6) is 0 Å². The molecule has 0 amide bonds. The Labute approximate surface area is 127 Å². The number of hydrogen-bond donors (Lipinski definition) is 0. The van der Waals surface area contributed by atoms with Crippen LogP contribution >= 0.6 is 0 Å². The first-order valence-corrected chi connectivity index (χ1v) is 7.18. The van der Waals surface area contributed by atoms with Gasteiger partial charge in [0.25, 0.3) is 0 Å². The van der Waals surface area contributed by atoms with Crippen LogP contribution in [0.3, 0.4) is 0 Å². The molecule has 0 aliphatic heterocycles. The number of pyridine rings is 1. The minimum absolute atomic E-state index is 0.119. The van der Waals surface area contributed by atoms with Crippen molar-refractivity contribution in [2.75, 3.05) is 0 Å². The molecule has 3 rings (SSSR count). The van der Waals surface area contributed by atoms with Gasteiger partial charge in [0.1, 0.15) is 17.9 Å². The first-order valence-electron chi connectivity index (χ1n) is 7.18. The Balaban J connectivity index is 2.06. The van der Waals surface area contributed by atoms with Crippen LogP contribution in [0.25, 0.3) is 22.2 Å². The minimum atomic E-state index is -0.226. The molecule has 0 atom stereocenters. The van der Waals surface area contributed by atoms with E-state index in [1.807, 2.05) is 13.0 Å². The van der Waals surface area contributed by atoms with Gasteiger partial charge in [-0.1, -0.05) is 13.0 Å². The van der Waals surface area contributed by atoms with Gasteiger partial charge in [-0.3, -0.25) is 14.5 Å². The van der Waals surface area contributed by atoms with Gasteiger partial charge < -0.3 is 0 Å². The summed E-state index contributed by atoms with van der Waals surface area (Å²) in [6, 6.07) is 6.90. The molecule has 3 aromatic rings. The minimum Gasteiger partial charge on any atom is -0.298 e. The predicted molar refractivity (Wildman–Crippen MR) is 83.0 cm³/mol. The number of rotatable bonds is 4. The van der Waals surface area contributed by atoms with E-state index < -0.39 is 0 Å². The Hall–Kier alpha value is -2.56. The number of carbonyl (C=O) groups excluding carboxylic acids is 1. The summed E-state index contributed by atoms with van der Waals surface area (Å²) in [5, 5.41) is 4.22. The molecule has 0 saturated carbocycles. The molecule has 0 aliphatic carbocycles. The summed E-state index contributed by atoms with van der Waals surface area (Å²) in [7, 11) is 0. The number of halogens is 1. The molecule has 0 saturated heterocycles. The predicted octanol–water partition coefficient (Wildman–Crippen LogP) is 3.52. The van der Waals surface area contributed by atoms with Crippen molar-refractivity contribution < 1.29 is 9.18 Å². The monoisotopic (exact) mass is 297 g/mol. The normalized spacial score (nSPS) is 11.0. The summed E-state index contributed by atoms with van der Waals surface area (Å²) >= 11 is 0. The zero-order chi connectivity index (χ0) is 15.7. The van der Waals surface area contributed by atoms with Crippen LogP contribution in [0, 0.1) is 12.7 Å². The second kappa shape index (κ2) is 5.67. The van der Waals surface area contributed by atoms with Crippen LogP contribution in [0.1, 0.15) is 18.9 Å². The van der Waals surface area contributed by atoms with E-state index >= 15 is 0 Å². The topological polar surface area (TPSA) is 47.8 Å². The van der Waals surface area contributed by atoms with Gasteiger partial charge in [-0.2, -0.15) is 5.10 Å². The van der Waals surface area contributed by atoms with E-state index in [0.717, 1.165) is 22.2 Å². The van der Waals surface area contributed by atoms with E-state index in [0.29, 0.717) is 12.0 Å². The number of nitrogens with zero attached hydrogens (tertiary/aromatic N) is 3. The summed E-state index contributed by atoms with van der Waals surface area (Å²) in [6.07, 6.45) is 3.87. The van der Waals surface area contributed by atoms with E-state index in [4.69, 9.17) is 0 Å². The van der Waals surface area contributed by atoms with Crippen molar-refractivity contribution in [1.82, 2.24) is 14.8 Å². The number of ketones is 1. The van der Waals surface area contributed by atoms with Crippen molar-refractivity contribution in [2.24, 2.45) is 0 Å². The van der Waals surface area contributed by atoms with E-state index in [1.165, 1.54) is 6.07 Å². The van der Waals surface area contributed by atoms with Crippen LogP contribution in [0.15, 0.2) is 36.7 Å². The quantitative estimate of drug-likeness (QED) is 0.740. The van der Waals surface area contributed by atoms with Crippen molar-refractivity contribution in [3.8, 4) is 11.1 Å². The summed E-state index contributed by atoms with van der Waals surface area (Å²) in [6.45, 7) is 3.81. The summed E-state index contributed by atoms with van der Waals surface area (Å²) in [5.74, 6) is -0.107. The average molecular weight is 297 g/mol. The van der Waals surface area contributed by atoms with Gasteiger partial charge in [0.15, 0.2) is 5.78 Å². The van der Waals surface area contributed by atoms with Gasteiger partial charge in [0, 0.05) is 18.2 Å². The molecule has 22 heavy (non-hydrogen) atoms. The first-order chi connectivity index (χ1) is 10.6. The van der Waals surface area contributed by atoms with E-state index in [2.05, 4.69) is 10.1 Å². The lowest BCUT2D eigenvalue weighted by atomic mass is 10.0. The van der Waals surface area contributed by atoms with Gasteiger partial charge in [-0.25, -0.2) is 4.39 Å². The third-order valence-electron chi connectivity index (χ3n) is 3.71. The van der Waals surface area contributed by atoms with Crippen molar-refractivity contribution in [3.05, 3.63) is 48.0 Å². The van der Waals surface area contributed by atoms with Crippen molar-refractivity contribution in [2.45, 2.75) is 26.8 Å². The van der Waals surface area contributed by atoms with Crippen LogP contribution in [0.4, 0.5) is 4.39 Å². The average Bonchev–Trinajstić information content (AvgIpc) is 2.92. The third kappa shape index (κ3) is 2.62. The summed E-state index contributed by atoms with van der Waals surface area (Å²) in [4.78, 5) is 16.0. The fourth-order valence-corrected chi connectivity index (χ4v) is 2.34. The molecule has 112 valence electrons. The molecular weight excluding hydrogens is 281 g/mol. The maximum atomic E-state index is 13.4. The Kier molecular flexibility index (Phi) is 3.71. The molecule has 0 spiro atoms. The maximum absolute atomic E-state index is 13.4. The lowest BCUT2D eigenvalue weighted by Gasteiger charge is -2.06. The Morgan fingerprint density at radius 3 is 2.77 bits per heavy atom. The molecule has 0 fully saturated rings. The van der Waals surface area contributed by atoms with Gasteiger partial charge in [-0.05, 0) is 36.2 Å².